The van der Waals surface area contributed by atoms with E-state index in [9.17, 15) is 0 Å². The predicted molar refractivity (Wildman–Crippen MR) is 71.6 cm³/mol. The molecule has 0 saturated carbocycles. The molecular weight excluding hydrogens is 273 g/mol. The maximum absolute atomic E-state index is 8.63. The van der Waals surface area contributed by atoms with E-state index in [1.54, 1.807) is 19.2 Å². The third-order valence-corrected chi connectivity index (χ3v) is 2.77. The first kappa shape index (κ1) is 15.2. The Bertz CT molecular complexity index is 400. The van der Waals surface area contributed by atoms with Crippen LogP contribution >= 0.6 is 23.2 Å². The van der Waals surface area contributed by atoms with Crippen molar-refractivity contribution in [1.29, 1.82) is 5.26 Å². The van der Waals surface area contributed by atoms with E-state index in [1.165, 1.54) is 0 Å². The van der Waals surface area contributed by atoms with Gasteiger partial charge in [0.2, 0.25) is 0 Å². The predicted octanol–water partition coefficient (Wildman–Crippen LogP) is 2.75. The first-order valence-electron chi connectivity index (χ1n) is 5.56. The third kappa shape index (κ3) is 5.65. The molecule has 0 aliphatic rings. The summed E-state index contributed by atoms with van der Waals surface area (Å²) >= 11 is 11.7. The van der Waals surface area contributed by atoms with Gasteiger partial charge in [0.1, 0.15) is 10.3 Å². The van der Waals surface area contributed by atoms with Crippen molar-refractivity contribution < 1.29 is 4.74 Å². The molecule has 0 aliphatic carbocycles. The fraction of sp³-hybridized carbons (Fsp3) is 0.500. The third-order valence-electron chi connectivity index (χ3n) is 2.38. The van der Waals surface area contributed by atoms with Crippen molar-refractivity contribution in [2.75, 3.05) is 26.8 Å². The Morgan fingerprint density at radius 1 is 1.33 bits per heavy atom. The van der Waals surface area contributed by atoms with Crippen LogP contribution in [0.25, 0.3) is 0 Å². The van der Waals surface area contributed by atoms with Crippen molar-refractivity contribution >= 4 is 23.2 Å². The van der Waals surface area contributed by atoms with Gasteiger partial charge in [-0.3, -0.25) is 4.90 Å². The Morgan fingerprint density at radius 2 is 2.00 bits per heavy atom. The monoisotopic (exact) mass is 287 g/mol. The van der Waals surface area contributed by atoms with Crippen LogP contribution in [0.3, 0.4) is 0 Å². The number of methoxy groups -OCH3 is 1. The number of nitriles is 1. The van der Waals surface area contributed by atoms with Gasteiger partial charge >= 0.3 is 0 Å². The Kier molecular flexibility index (Phi) is 6.99. The van der Waals surface area contributed by atoms with Gasteiger partial charge in [0, 0.05) is 33.2 Å². The van der Waals surface area contributed by atoms with E-state index in [0.29, 0.717) is 36.4 Å². The number of rotatable bonds is 7. The van der Waals surface area contributed by atoms with Crippen LogP contribution in [0, 0.1) is 11.3 Å². The topological polar surface area (TPSA) is 49.1 Å². The molecule has 0 saturated heterocycles. The molecule has 0 bridgehead atoms. The van der Waals surface area contributed by atoms with Crippen LogP contribution in [-0.2, 0) is 11.3 Å². The second-order valence-electron chi connectivity index (χ2n) is 3.80. The maximum Gasteiger partial charge on any atom is 0.131 e. The molecule has 0 unspecified atom stereocenters. The van der Waals surface area contributed by atoms with Gasteiger partial charge in [0.05, 0.1) is 12.7 Å². The van der Waals surface area contributed by atoms with Gasteiger partial charge in [-0.05, 0) is 17.7 Å². The Hall–Kier alpha value is -0.860. The minimum Gasteiger partial charge on any atom is -0.383 e. The fourth-order valence-corrected chi connectivity index (χ4v) is 2.07. The molecule has 0 atom stereocenters. The lowest BCUT2D eigenvalue weighted by atomic mass is 10.2. The SMILES string of the molecule is COCCN(CCC#N)Cc1cc(Cl)nc(Cl)c1. The Labute approximate surface area is 117 Å². The summed E-state index contributed by atoms with van der Waals surface area (Å²) in [6, 6.07) is 5.69. The molecule has 0 fully saturated rings. The molecule has 0 N–H and O–H groups in total. The van der Waals surface area contributed by atoms with Crippen LogP contribution in [0.2, 0.25) is 10.3 Å². The summed E-state index contributed by atoms with van der Waals surface area (Å²) in [5.41, 5.74) is 0.981. The van der Waals surface area contributed by atoms with Crippen molar-refractivity contribution in [3.63, 3.8) is 0 Å². The lowest BCUT2D eigenvalue weighted by Crippen LogP contribution is -2.28. The van der Waals surface area contributed by atoms with Crippen molar-refractivity contribution in [2.45, 2.75) is 13.0 Å². The molecule has 1 rings (SSSR count). The first-order chi connectivity index (χ1) is 8.65. The second-order valence-corrected chi connectivity index (χ2v) is 4.57. The highest BCUT2D eigenvalue weighted by Crippen LogP contribution is 2.16. The summed E-state index contributed by atoms with van der Waals surface area (Å²) in [7, 11) is 1.66. The minimum absolute atomic E-state index is 0.379. The zero-order valence-electron chi connectivity index (χ0n) is 10.2. The normalized spacial score (nSPS) is 10.6. The number of halogens is 2. The van der Waals surface area contributed by atoms with Crippen LogP contribution in [0.15, 0.2) is 12.1 Å². The van der Waals surface area contributed by atoms with Crippen molar-refractivity contribution in [3.8, 4) is 6.07 Å². The van der Waals surface area contributed by atoms with Gasteiger partial charge in [-0.1, -0.05) is 23.2 Å². The minimum atomic E-state index is 0.379. The zero-order valence-corrected chi connectivity index (χ0v) is 11.7. The average Bonchev–Trinajstić information content (AvgIpc) is 2.31. The first-order valence-corrected chi connectivity index (χ1v) is 6.31. The lowest BCUT2D eigenvalue weighted by molar-refractivity contribution is 0.145. The summed E-state index contributed by atoms with van der Waals surface area (Å²) in [6.45, 7) is 2.75. The zero-order chi connectivity index (χ0) is 13.4. The molecule has 6 heteroatoms. The molecule has 1 aromatic heterocycles. The second kappa shape index (κ2) is 8.28. The van der Waals surface area contributed by atoms with E-state index in [0.717, 1.165) is 12.1 Å². The van der Waals surface area contributed by atoms with Crippen LogP contribution in [-0.4, -0.2) is 36.7 Å². The summed E-state index contributed by atoms with van der Waals surface area (Å²) in [6.07, 6.45) is 0.482. The van der Waals surface area contributed by atoms with E-state index < -0.39 is 0 Å². The van der Waals surface area contributed by atoms with Crippen molar-refractivity contribution in [3.05, 3.63) is 28.0 Å². The van der Waals surface area contributed by atoms with Gasteiger partial charge in [0.25, 0.3) is 0 Å². The molecule has 98 valence electrons. The molecule has 0 spiro atoms. The van der Waals surface area contributed by atoms with Crippen molar-refractivity contribution in [1.82, 2.24) is 9.88 Å². The van der Waals surface area contributed by atoms with Gasteiger partial charge < -0.3 is 4.74 Å². The molecular formula is C12H15Cl2N3O. The van der Waals surface area contributed by atoms with Gasteiger partial charge in [0.15, 0.2) is 0 Å². The van der Waals surface area contributed by atoms with Gasteiger partial charge in [-0.15, -0.1) is 0 Å². The maximum atomic E-state index is 8.63. The molecule has 0 aromatic carbocycles. The summed E-state index contributed by atoms with van der Waals surface area (Å²) in [5.74, 6) is 0. The summed E-state index contributed by atoms with van der Waals surface area (Å²) in [5, 5.41) is 9.39. The van der Waals surface area contributed by atoms with E-state index in [1.807, 2.05) is 0 Å². The molecule has 1 heterocycles. The fourth-order valence-electron chi connectivity index (χ4n) is 1.56. The molecule has 0 amide bonds. The number of hydrogen-bond acceptors (Lipinski definition) is 4. The van der Waals surface area contributed by atoms with E-state index in [-0.39, 0.29) is 0 Å². The van der Waals surface area contributed by atoms with Crippen LogP contribution in [0.4, 0.5) is 0 Å². The van der Waals surface area contributed by atoms with Gasteiger partial charge in [-0.2, -0.15) is 5.26 Å². The molecule has 4 nitrogen and oxygen atoms in total. The number of nitrogens with zero attached hydrogens (tertiary/aromatic N) is 3. The quantitative estimate of drug-likeness (QED) is 0.724. The number of hydrogen-bond donors (Lipinski definition) is 0. The van der Waals surface area contributed by atoms with E-state index >= 15 is 0 Å². The average molecular weight is 288 g/mol. The van der Waals surface area contributed by atoms with Crippen LogP contribution in [0.5, 0.6) is 0 Å². The van der Waals surface area contributed by atoms with Crippen molar-refractivity contribution in [2.24, 2.45) is 0 Å². The highest BCUT2D eigenvalue weighted by atomic mass is 35.5. The highest BCUT2D eigenvalue weighted by molar-refractivity contribution is 6.32. The summed E-state index contributed by atoms with van der Waals surface area (Å²) < 4.78 is 5.05. The molecule has 0 aliphatic heterocycles. The smallest absolute Gasteiger partial charge is 0.131 e. The van der Waals surface area contributed by atoms with Gasteiger partial charge in [-0.25, -0.2) is 4.98 Å². The lowest BCUT2D eigenvalue weighted by Gasteiger charge is -2.20. The number of aromatic nitrogens is 1. The van der Waals surface area contributed by atoms with Crippen LogP contribution in [0.1, 0.15) is 12.0 Å². The summed E-state index contributed by atoms with van der Waals surface area (Å²) in [4.78, 5) is 6.02. The Balaban J connectivity index is 2.65. The van der Waals surface area contributed by atoms with Crippen LogP contribution < -0.4 is 0 Å². The molecule has 18 heavy (non-hydrogen) atoms. The van der Waals surface area contributed by atoms with E-state index in [4.69, 9.17) is 33.2 Å². The number of pyridine rings is 1. The highest BCUT2D eigenvalue weighted by Gasteiger charge is 2.07. The largest absolute Gasteiger partial charge is 0.383 e. The molecule has 0 radical (unpaired) electrons. The number of ether oxygens (including phenoxy) is 1. The Morgan fingerprint density at radius 3 is 2.56 bits per heavy atom. The standard InChI is InChI=1S/C12H15Cl2N3O/c1-18-6-5-17(4-2-3-15)9-10-7-11(13)16-12(14)8-10/h7-8H,2,4-6,9H2,1H3. The molecule has 1 aromatic rings. The van der Waals surface area contributed by atoms with E-state index in [2.05, 4.69) is 16.0 Å².